The van der Waals surface area contributed by atoms with E-state index in [2.05, 4.69) is 5.32 Å². The second-order valence-corrected chi connectivity index (χ2v) is 4.01. The molecule has 0 atom stereocenters. The molecule has 0 spiro atoms. The molecule has 2 N–H and O–H groups in total. The molecule has 0 aromatic heterocycles. The number of benzene rings is 1. The minimum atomic E-state index is -0.415. The third-order valence-corrected chi connectivity index (χ3v) is 1.92. The summed E-state index contributed by atoms with van der Waals surface area (Å²) in [4.78, 5) is 11.2. The number of carbonyl (C=O) groups is 1. The smallest absolute Gasteiger partial charge is 0.407 e. The van der Waals surface area contributed by atoms with E-state index in [0.717, 1.165) is 5.56 Å². The van der Waals surface area contributed by atoms with Crippen LogP contribution in [0.4, 0.5) is 4.79 Å². The van der Waals surface area contributed by atoms with E-state index in [1.54, 1.807) is 24.3 Å². The Bertz CT molecular complexity index is 333. The molecule has 0 aliphatic rings. The first-order valence-corrected chi connectivity index (χ1v) is 5.26. The summed E-state index contributed by atoms with van der Waals surface area (Å²) in [6, 6.07) is 6.66. The van der Waals surface area contributed by atoms with Crippen molar-refractivity contribution < 1.29 is 14.6 Å². The van der Waals surface area contributed by atoms with Crippen molar-refractivity contribution in [3.8, 4) is 5.75 Å². The third kappa shape index (κ3) is 4.68. The molecule has 16 heavy (non-hydrogen) atoms. The van der Waals surface area contributed by atoms with Gasteiger partial charge in [-0.15, -0.1) is 0 Å². The van der Waals surface area contributed by atoms with Gasteiger partial charge in [0.25, 0.3) is 0 Å². The molecule has 0 bridgehead atoms. The lowest BCUT2D eigenvalue weighted by molar-refractivity contribution is 0.132. The molecule has 0 saturated carbocycles. The van der Waals surface area contributed by atoms with E-state index in [-0.39, 0.29) is 5.75 Å². The SMILES string of the molecule is CC(C)COC(=O)NCc1ccc(O)cc1. The average Bonchev–Trinajstić information content (AvgIpc) is 2.25. The second kappa shape index (κ2) is 6.00. The van der Waals surface area contributed by atoms with Crippen LogP contribution in [0.15, 0.2) is 24.3 Å². The summed E-state index contributed by atoms with van der Waals surface area (Å²) in [6.07, 6.45) is -0.415. The van der Waals surface area contributed by atoms with Crippen LogP contribution < -0.4 is 5.32 Å². The van der Waals surface area contributed by atoms with E-state index < -0.39 is 6.09 Å². The summed E-state index contributed by atoms with van der Waals surface area (Å²) in [5.41, 5.74) is 0.916. The molecular weight excluding hydrogens is 206 g/mol. The Morgan fingerprint density at radius 1 is 1.38 bits per heavy atom. The van der Waals surface area contributed by atoms with E-state index >= 15 is 0 Å². The van der Waals surface area contributed by atoms with Gasteiger partial charge >= 0.3 is 6.09 Å². The van der Waals surface area contributed by atoms with Crippen molar-refractivity contribution in [2.45, 2.75) is 20.4 Å². The van der Waals surface area contributed by atoms with Crippen molar-refractivity contribution in [2.75, 3.05) is 6.61 Å². The molecule has 4 heteroatoms. The van der Waals surface area contributed by atoms with Gasteiger partial charge in [0.2, 0.25) is 0 Å². The van der Waals surface area contributed by atoms with Gasteiger partial charge in [0.15, 0.2) is 0 Å². The molecule has 1 amide bonds. The Labute approximate surface area is 95.2 Å². The summed E-state index contributed by atoms with van der Waals surface area (Å²) >= 11 is 0. The van der Waals surface area contributed by atoms with Crippen molar-refractivity contribution in [1.82, 2.24) is 5.32 Å². The maximum atomic E-state index is 11.2. The fourth-order valence-electron chi connectivity index (χ4n) is 1.08. The second-order valence-electron chi connectivity index (χ2n) is 4.01. The zero-order valence-electron chi connectivity index (χ0n) is 9.56. The molecule has 0 heterocycles. The Kier molecular flexibility index (Phi) is 4.64. The summed E-state index contributed by atoms with van der Waals surface area (Å²) in [5.74, 6) is 0.547. The molecule has 1 rings (SSSR count). The summed E-state index contributed by atoms with van der Waals surface area (Å²) in [5, 5.41) is 11.7. The van der Waals surface area contributed by atoms with Gasteiger partial charge < -0.3 is 15.2 Å². The largest absolute Gasteiger partial charge is 0.508 e. The molecule has 88 valence electrons. The number of phenols is 1. The van der Waals surface area contributed by atoms with Crippen LogP contribution >= 0.6 is 0 Å². The van der Waals surface area contributed by atoms with Gasteiger partial charge in [-0.05, 0) is 23.6 Å². The van der Waals surface area contributed by atoms with Gasteiger partial charge in [-0.2, -0.15) is 0 Å². The van der Waals surface area contributed by atoms with Crippen molar-refractivity contribution in [1.29, 1.82) is 0 Å². The predicted molar refractivity (Wildman–Crippen MR) is 61.1 cm³/mol. The average molecular weight is 223 g/mol. The monoisotopic (exact) mass is 223 g/mol. The summed E-state index contributed by atoms with van der Waals surface area (Å²) in [7, 11) is 0. The quantitative estimate of drug-likeness (QED) is 0.823. The van der Waals surface area contributed by atoms with Gasteiger partial charge in [-0.1, -0.05) is 26.0 Å². The standard InChI is InChI=1S/C12H17NO3/c1-9(2)8-16-12(15)13-7-10-3-5-11(14)6-4-10/h3-6,9,14H,7-8H2,1-2H3,(H,13,15). The molecule has 0 radical (unpaired) electrons. The van der Waals surface area contributed by atoms with Crippen LogP contribution in [-0.4, -0.2) is 17.8 Å². The van der Waals surface area contributed by atoms with Crippen molar-refractivity contribution in [2.24, 2.45) is 5.92 Å². The number of phenolic OH excluding ortho intramolecular Hbond substituents is 1. The lowest BCUT2D eigenvalue weighted by Crippen LogP contribution is -2.25. The number of hydrogen-bond acceptors (Lipinski definition) is 3. The summed E-state index contributed by atoms with van der Waals surface area (Å²) < 4.78 is 4.95. The first kappa shape index (κ1) is 12.4. The molecule has 0 aliphatic carbocycles. The molecule has 0 saturated heterocycles. The highest BCUT2D eigenvalue weighted by Crippen LogP contribution is 2.09. The van der Waals surface area contributed by atoms with E-state index in [9.17, 15) is 4.79 Å². The normalized spacial score (nSPS) is 10.2. The predicted octanol–water partition coefficient (Wildman–Crippen LogP) is 2.27. The number of alkyl carbamates (subject to hydrolysis) is 1. The van der Waals surface area contributed by atoms with Crippen LogP contribution in [0.1, 0.15) is 19.4 Å². The third-order valence-electron chi connectivity index (χ3n) is 1.92. The Morgan fingerprint density at radius 2 is 2.00 bits per heavy atom. The number of rotatable bonds is 4. The van der Waals surface area contributed by atoms with Gasteiger partial charge in [0.1, 0.15) is 5.75 Å². The molecule has 1 aromatic rings. The number of nitrogens with one attached hydrogen (secondary N) is 1. The Balaban J connectivity index is 2.29. The first-order chi connectivity index (χ1) is 7.58. The number of ether oxygens (including phenoxy) is 1. The van der Waals surface area contributed by atoms with Crippen LogP contribution in [0, 0.1) is 5.92 Å². The van der Waals surface area contributed by atoms with E-state index in [4.69, 9.17) is 9.84 Å². The number of hydrogen-bond donors (Lipinski definition) is 2. The highest BCUT2D eigenvalue weighted by atomic mass is 16.5. The van der Waals surface area contributed by atoms with Gasteiger partial charge in [-0.25, -0.2) is 4.79 Å². The number of amides is 1. The van der Waals surface area contributed by atoms with Crippen LogP contribution in [0.2, 0.25) is 0 Å². The Hall–Kier alpha value is -1.71. The van der Waals surface area contributed by atoms with Crippen LogP contribution in [0.5, 0.6) is 5.75 Å². The van der Waals surface area contributed by atoms with Gasteiger partial charge in [0.05, 0.1) is 6.61 Å². The molecular formula is C12H17NO3. The van der Waals surface area contributed by atoms with Crippen LogP contribution in [-0.2, 0) is 11.3 Å². The highest BCUT2D eigenvalue weighted by molar-refractivity contribution is 5.67. The maximum Gasteiger partial charge on any atom is 0.407 e. The lowest BCUT2D eigenvalue weighted by Gasteiger charge is -2.08. The maximum absolute atomic E-state index is 11.2. The topological polar surface area (TPSA) is 58.6 Å². The molecule has 4 nitrogen and oxygen atoms in total. The minimum absolute atomic E-state index is 0.214. The lowest BCUT2D eigenvalue weighted by atomic mass is 10.2. The number of carbonyl (C=O) groups excluding carboxylic acids is 1. The first-order valence-electron chi connectivity index (χ1n) is 5.26. The van der Waals surface area contributed by atoms with E-state index in [1.807, 2.05) is 13.8 Å². The molecule has 0 aliphatic heterocycles. The zero-order chi connectivity index (χ0) is 12.0. The van der Waals surface area contributed by atoms with Crippen molar-refractivity contribution in [3.05, 3.63) is 29.8 Å². The van der Waals surface area contributed by atoms with Crippen LogP contribution in [0.25, 0.3) is 0 Å². The molecule has 0 unspecified atom stereocenters. The summed E-state index contributed by atoms with van der Waals surface area (Å²) in [6.45, 7) is 4.78. The van der Waals surface area contributed by atoms with Gasteiger partial charge in [0, 0.05) is 6.54 Å². The van der Waals surface area contributed by atoms with Gasteiger partial charge in [-0.3, -0.25) is 0 Å². The zero-order valence-corrected chi connectivity index (χ0v) is 9.56. The highest BCUT2D eigenvalue weighted by Gasteiger charge is 2.03. The number of aromatic hydroxyl groups is 1. The van der Waals surface area contributed by atoms with Crippen molar-refractivity contribution in [3.63, 3.8) is 0 Å². The molecule has 1 aromatic carbocycles. The van der Waals surface area contributed by atoms with E-state index in [0.29, 0.717) is 19.1 Å². The Morgan fingerprint density at radius 3 is 2.56 bits per heavy atom. The van der Waals surface area contributed by atoms with Crippen molar-refractivity contribution >= 4 is 6.09 Å². The fraction of sp³-hybridized carbons (Fsp3) is 0.417. The fourth-order valence-corrected chi connectivity index (χ4v) is 1.08. The van der Waals surface area contributed by atoms with Crippen LogP contribution in [0.3, 0.4) is 0 Å². The minimum Gasteiger partial charge on any atom is -0.508 e. The molecule has 0 fully saturated rings. The van der Waals surface area contributed by atoms with E-state index in [1.165, 1.54) is 0 Å².